The van der Waals surface area contributed by atoms with Crippen LogP contribution in [0.1, 0.15) is 16.7 Å². The van der Waals surface area contributed by atoms with Crippen molar-refractivity contribution in [3.05, 3.63) is 62.7 Å². The van der Waals surface area contributed by atoms with Crippen molar-refractivity contribution >= 4 is 22.6 Å². The molecule has 0 aliphatic heterocycles. The van der Waals surface area contributed by atoms with Crippen molar-refractivity contribution in [1.82, 2.24) is 0 Å². The molecule has 0 aliphatic rings. The summed E-state index contributed by atoms with van der Waals surface area (Å²) in [7, 11) is 0. The summed E-state index contributed by atoms with van der Waals surface area (Å²) < 4.78 is 44.5. The maximum absolute atomic E-state index is 12.8. The van der Waals surface area contributed by atoms with Crippen LogP contribution in [0.3, 0.4) is 0 Å². The minimum atomic E-state index is -4.47. The molecule has 1 N–H and O–H groups in total. The standard InChI is InChI=1S/C15H12F3IO2/c16-15(17,18)12-6-11(8-20)14(19)13(7-12)21-9-10-4-2-1-3-5-10/h1-7,20H,8-9H2. The minimum Gasteiger partial charge on any atom is -0.488 e. The second-order valence-corrected chi connectivity index (χ2v) is 5.46. The van der Waals surface area contributed by atoms with Crippen LogP contribution in [-0.4, -0.2) is 5.11 Å². The zero-order chi connectivity index (χ0) is 15.5. The summed E-state index contributed by atoms with van der Waals surface area (Å²) in [5.74, 6) is 0.123. The second-order valence-electron chi connectivity index (χ2n) is 4.38. The quantitative estimate of drug-likeness (QED) is 0.762. The third-order valence-electron chi connectivity index (χ3n) is 2.85. The van der Waals surface area contributed by atoms with Crippen molar-refractivity contribution in [2.45, 2.75) is 19.4 Å². The van der Waals surface area contributed by atoms with Gasteiger partial charge in [-0.2, -0.15) is 13.2 Å². The number of hydrogen-bond donors (Lipinski definition) is 1. The van der Waals surface area contributed by atoms with E-state index in [0.717, 1.165) is 17.7 Å². The molecule has 0 aromatic heterocycles. The van der Waals surface area contributed by atoms with Gasteiger partial charge in [0.25, 0.3) is 0 Å². The molecule has 0 unspecified atom stereocenters. The molecule has 0 amide bonds. The maximum atomic E-state index is 12.8. The molecule has 2 aromatic carbocycles. The fraction of sp³-hybridized carbons (Fsp3) is 0.200. The van der Waals surface area contributed by atoms with Gasteiger partial charge in [0.2, 0.25) is 0 Å². The van der Waals surface area contributed by atoms with Crippen LogP contribution in [-0.2, 0) is 19.4 Å². The van der Waals surface area contributed by atoms with Gasteiger partial charge in [-0.25, -0.2) is 0 Å². The number of rotatable bonds is 4. The molecule has 0 saturated carbocycles. The molecule has 2 nitrogen and oxygen atoms in total. The highest BCUT2D eigenvalue weighted by Gasteiger charge is 2.32. The van der Waals surface area contributed by atoms with Crippen molar-refractivity contribution in [2.24, 2.45) is 0 Å². The molecule has 2 aromatic rings. The predicted octanol–water partition coefficient (Wildman–Crippen LogP) is 4.38. The smallest absolute Gasteiger partial charge is 0.416 e. The molecule has 0 saturated heterocycles. The molecule has 2 rings (SSSR count). The Morgan fingerprint density at radius 3 is 2.33 bits per heavy atom. The molecule has 0 heterocycles. The molecule has 21 heavy (non-hydrogen) atoms. The van der Waals surface area contributed by atoms with Crippen LogP contribution in [0.5, 0.6) is 5.75 Å². The monoisotopic (exact) mass is 408 g/mol. The van der Waals surface area contributed by atoms with Crippen molar-refractivity contribution in [3.8, 4) is 5.75 Å². The largest absolute Gasteiger partial charge is 0.488 e. The Balaban J connectivity index is 2.29. The van der Waals surface area contributed by atoms with Gasteiger partial charge in [0.05, 0.1) is 15.7 Å². The van der Waals surface area contributed by atoms with Crippen molar-refractivity contribution < 1.29 is 23.0 Å². The average molecular weight is 408 g/mol. The van der Waals surface area contributed by atoms with Gasteiger partial charge in [-0.3, -0.25) is 0 Å². The molecule has 0 radical (unpaired) electrons. The van der Waals surface area contributed by atoms with Crippen molar-refractivity contribution in [3.63, 3.8) is 0 Å². The summed E-state index contributed by atoms with van der Waals surface area (Å²) in [5, 5.41) is 9.19. The van der Waals surface area contributed by atoms with Crippen LogP contribution in [0.2, 0.25) is 0 Å². The summed E-state index contributed by atoms with van der Waals surface area (Å²) in [6.45, 7) is -0.299. The summed E-state index contributed by atoms with van der Waals surface area (Å²) in [5.41, 5.74) is 0.236. The Bertz CT molecular complexity index is 612. The Morgan fingerprint density at radius 1 is 1.10 bits per heavy atom. The Morgan fingerprint density at radius 2 is 1.76 bits per heavy atom. The highest BCUT2D eigenvalue weighted by atomic mass is 127. The summed E-state index contributed by atoms with van der Waals surface area (Å²) in [6, 6.07) is 11.1. The van der Waals surface area contributed by atoms with Gasteiger partial charge < -0.3 is 9.84 Å². The SMILES string of the molecule is OCc1cc(C(F)(F)F)cc(OCc2ccccc2)c1I. The molecule has 0 bridgehead atoms. The lowest BCUT2D eigenvalue weighted by Gasteiger charge is -2.15. The van der Waals surface area contributed by atoms with Gasteiger partial charge in [0, 0.05) is 0 Å². The Labute approximate surface area is 133 Å². The van der Waals surface area contributed by atoms with Crippen LogP contribution in [0.15, 0.2) is 42.5 Å². The van der Waals surface area contributed by atoms with Gasteiger partial charge >= 0.3 is 6.18 Å². The van der Waals surface area contributed by atoms with Crippen molar-refractivity contribution in [1.29, 1.82) is 0 Å². The third-order valence-corrected chi connectivity index (χ3v) is 4.07. The van der Waals surface area contributed by atoms with E-state index in [9.17, 15) is 18.3 Å². The molecule has 0 atom stereocenters. The third kappa shape index (κ3) is 4.10. The first-order valence-electron chi connectivity index (χ1n) is 6.09. The van der Waals surface area contributed by atoms with E-state index in [4.69, 9.17) is 4.74 Å². The lowest BCUT2D eigenvalue weighted by molar-refractivity contribution is -0.137. The first-order valence-corrected chi connectivity index (χ1v) is 7.17. The Kier molecular flexibility index (Phi) is 5.10. The van der Waals surface area contributed by atoms with Crippen LogP contribution < -0.4 is 4.74 Å². The van der Waals surface area contributed by atoms with Gasteiger partial charge in [-0.1, -0.05) is 30.3 Å². The number of alkyl halides is 3. The lowest BCUT2D eigenvalue weighted by Crippen LogP contribution is -2.08. The number of aliphatic hydroxyl groups excluding tert-OH is 1. The predicted molar refractivity (Wildman–Crippen MR) is 80.9 cm³/mol. The zero-order valence-electron chi connectivity index (χ0n) is 10.8. The van der Waals surface area contributed by atoms with Gasteiger partial charge in [0.1, 0.15) is 12.4 Å². The first-order chi connectivity index (χ1) is 9.91. The summed E-state index contributed by atoms with van der Waals surface area (Å²) in [4.78, 5) is 0. The van der Waals surface area contributed by atoms with E-state index in [1.54, 1.807) is 0 Å². The highest BCUT2D eigenvalue weighted by molar-refractivity contribution is 14.1. The highest BCUT2D eigenvalue weighted by Crippen LogP contribution is 2.36. The van der Waals surface area contributed by atoms with E-state index >= 15 is 0 Å². The normalized spacial score (nSPS) is 11.5. The zero-order valence-corrected chi connectivity index (χ0v) is 13.0. The van der Waals surface area contributed by atoms with Crippen LogP contribution in [0.4, 0.5) is 13.2 Å². The van der Waals surface area contributed by atoms with E-state index in [0.29, 0.717) is 3.57 Å². The van der Waals surface area contributed by atoms with E-state index in [1.807, 2.05) is 52.9 Å². The second kappa shape index (κ2) is 6.65. The lowest BCUT2D eigenvalue weighted by atomic mass is 10.1. The number of benzene rings is 2. The topological polar surface area (TPSA) is 29.5 Å². The number of hydrogen-bond acceptors (Lipinski definition) is 2. The number of halogens is 4. The molecular weight excluding hydrogens is 396 g/mol. The number of ether oxygens (including phenoxy) is 1. The number of aliphatic hydroxyl groups is 1. The van der Waals surface area contributed by atoms with Crippen molar-refractivity contribution in [2.75, 3.05) is 0 Å². The average Bonchev–Trinajstić information content (AvgIpc) is 2.46. The van der Waals surface area contributed by atoms with E-state index in [1.165, 1.54) is 0 Å². The summed E-state index contributed by atoms with van der Waals surface area (Å²) in [6.07, 6.45) is -4.47. The molecule has 0 aliphatic carbocycles. The first kappa shape index (κ1) is 16.1. The van der Waals surface area contributed by atoms with Crippen LogP contribution >= 0.6 is 22.6 Å². The summed E-state index contributed by atoms with van der Waals surface area (Å²) >= 11 is 1.88. The molecular formula is C15H12F3IO2. The molecule has 112 valence electrons. The van der Waals surface area contributed by atoms with Gasteiger partial charge in [0.15, 0.2) is 0 Å². The van der Waals surface area contributed by atoms with E-state index in [-0.39, 0.29) is 17.9 Å². The van der Waals surface area contributed by atoms with Gasteiger partial charge in [-0.05, 0) is 45.9 Å². The Hall–Kier alpha value is -1.28. The molecule has 0 spiro atoms. The van der Waals surface area contributed by atoms with Gasteiger partial charge in [-0.15, -0.1) is 0 Å². The van der Waals surface area contributed by atoms with E-state index in [2.05, 4.69) is 0 Å². The molecule has 0 fully saturated rings. The van der Waals surface area contributed by atoms with Crippen LogP contribution in [0.25, 0.3) is 0 Å². The van der Waals surface area contributed by atoms with Crippen LogP contribution in [0, 0.1) is 3.57 Å². The van der Waals surface area contributed by atoms with E-state index < -0.39 is 18.3 Å². The fourth-order valence-corrected chi connectivity index (χ4v) is 2.41. The fourth-order valence-electron chi connectivity index (χ4n) is 1.77. The maximum Gasteiger partial charge on any atom is 0.416 e. The molecule has 6 heteroatoms. The minimum absolute atomic E-state index is 0.123.